The molecule has 0 spiro atoms. The van der Waals surface area contributed by atoms with E-state index in [0.29, 0.717) is 35.0 Å². The molecule has 5 nitrogen and oxygen atoms in total. The van der Waals surface area contributed by atoms with Gasteiger partial charge in [-0.1, -0.05) is 11.6 Å². The van der Waals surface area contributed by atoms with E-state index in [9.17, 15) is 9.90 Å². The van der Waals surface area contributed by atoms with Gasteiger partial charge in [0.25, 0.3) is 0 Å². The Hall–Kier alpha value is -1.30. The molecule has 1 aliphatic carbocycles. The number of carbonyl (C=O) groups excluding carboxylic acids is 1. The second-order valence-corrected chi connectivity index (χ2v) is 6.60. The molecule has 0 heterocycles. The van der Waals surface area contributed by atoms with Gasteiger partial charge in [-0.05, 0) is 56.8 Å². The number of ether oxygens (including phenoxy) is 1. The van der Waals surface area contributed by atoms with Gasteiger partial charge in [0.1, 0.15) is 5.75 Å². The molecule has 0 unspecified atom stereocenters. The lowest BCUT2D eigenvalue weighted by Crippen LogP contribution is -2.40. The number of aliphatic hydroxyl groups is 1. The third-order valence-electron chi connectivity index (χ3n) is 4.53. The van der Waals surface area contributed by atoms with Crippen LogP contribution in [0, 0.1) is 5.92 Å². The average molecular weight is 341 g/mol. The normalized spacial score (nSPS) is 21.3. The van der Waals surface area contributed by atoms with Gasteiger partial charge in [0.05, 0.1) is 19.3 Å². The Morgan fingerprint density at radius 2 is 2.09 bits per heavy atom. The molecule has 2 rings (SSSR count). The zero-order valence-corrected chi connectivity index (χ0v) is 14.5. The summed E-state index contributed by atoms with van der Waals surface area (Å²) in [4.78, 5) is 14.4. The van der Waals surface area contributed by atoms with Crippen LogP contribution in [0.25, 0.3) is 0 Å². The molecule has 0 atom stereocenters. The summed E-state index contributed by atoms with van der Waals surface area (Å²) in [6.07, 6.45) is 4.09. The molecular weight excluding hydrogens is 316 g/mol. The molecule has 1 aromatic carbocycles. The van der Waals surface area contributed by atoms with E-state index in [4.69, 9.17) is 16.3 Å². The fraction of sp³-hybridized carbons (Fsp3) is 0.588. The predicted molar refractivity (Wildman–Crippen MR) is 92.1 cm³/mol. The highest BCUT2D eigenvalue weighted by atomic mass is 35.5. The van der Waals surface area contributed by atoms with Crippen molar-refractivity contribution in [2.75, 3.05) is 32.6 Å². The number of hydrogen-bond acceptors (Lipinski definition) is 4. The maximum atomic E-state index is 12.3. The zero-order valence-electron chi connectivity index (χ0n) is 13.7. The van der Waals surface area contributed by atoms with Crippen molar-refractivity contribution in [2.45, 2.75) is 31.7 Å². The average Bonchev–Trinajstić information content (AvgIpc) is 2.55. The quantitative estimate of drug-likeness (QED) is 0.836. The van der Waals surface area contributed by atoms with Crippen LogP contribution < -0.4 is 10.1 Å². The van der Waals surface area contributed by atoms with Crippen LogP contribution in [0.1, 0.15) is 25.7 Å². The Morgan fingerprint density at radius 3 is 2.70 bits per heavy atom. The molecule has 0 aliphatic heterocycles. The van der Waals surface area contributed by atoms with Crippen molar-refractivity contribution in [1.82, 2.24) is 4.90 Å². The topological polar surface area (TPSA) is 61.8 Å². The number of nitrogens with zero attached hydrogens (tertiary/aromatic N) is 1. The first-order valence-corrected chi connectivity index (χ1v) is 8.35. The Morgan fingerprint density at radius 1 is 1.39 bits per heavy atom. The number of likely N-dealkylation sites (N-methyl/N-ethyl adjacent to an activating group) is 1. The molecular formula is C17H25ClN2O3. The van der Waals surface area contributed by atoms with Gasteiger partial charge in [-0.2, -0.15) is 0 Å². The predicted octanol–water partition coefficient (Wildman–Crippen LogP) is 2.77. The van der Waals surface area contributed by atoms with Gasteiger partial charge in [-0.3, -0.25) is 9.69 Å². The summed E-state index contributed by atoms with van der Waals surface area (Å²) in [5.41, 5.74) is 0.586. The van der Waals surface area contributed by atoms with Crippen molar-refractivity contribution >= 4 is 23.2 Å². The number of halogens is 1. The molecule has 23 heavy (non-hydrogen) atoms. The molecule has 0 radical (unpaired) electrons. The first kappa shape index (κ1) is 18.0. The maximum absolute atomic E-state index is 12.3. The molecule has 1 fully saturated rings. The van der Waals surface area contributed by atoms with E-state index in [2.05, 4.69) is 10.2 Å². The summed E-state index contributed by atoms with van der Waals surface area (Å²) in [6.45, 7) is 0.593. The van der Waals surface area contributed by atoms with Crippen LogP contribution in [0.15, 0.2) is 18.2 Å². The van der Waals surface area contributed by atoms with Crippen LogP contribution in [0.2, 0.25) is 5.02 Å². The number of methoxy groups -OCH3 is 1. The number of rotatable bonds is 6. The van der Waals surface area contributed by atoms with Crippen LogP contribution in [-0.2, 0) is 4.79 Å². The fourth-order valence-electron chi connectivity index (χ4n) is 3.09. The lowest BCUT2D eigenvalue weighted by Gasteiger charge is -2.33. The Balaban J connectivity index is 1.88. The van der Waals surface area contributed by atoms with Gasteiger partial charge in [0.2, 0.25) is 5.91 Å². The van der Waals surface area contributed by atoms with Gasteiger partial charge in [0, 0.05) is 17.7 Å². The largest absolute Gasteiger partial charge is 0.495 e. The summed E-state index contributed by atoms with van der Waals surface area (Å²) >= 11 is 5.97. The van der Waals surface area contributed by atoms with Gasteiger partial charge < -0.3 is 15.2 Å². The summed E-state index contributed by atoms with van der Waals surface area (Å²) in [5.74, 6) is 0.926. The van der Waals surface area contributed by atoms with Crippen molar-refractivity contribution < 1.29 is 14.6 Å². The molecule has 0 aromatic heterocycles. The Labute approximate surface area is 142 Å². The number of carbonyl (C=O) groups is 1. The zero-order chi connectivity index (χ0) is 16.8. The maximum Gasteiger partial charge on any atom is 0.238 e. The van der Waals surface area contributed by atoms with E-state index in [0.717, 1.165) is 25.7 Å². The van der Waals surface area contributed by atoms with Gasteiger partial charge in [-0.25, -0.2) is 0 Å². The summed E-state index contributed by atoms with van der Waals surface area (Å²) in [7, 11) is 3.53. The lowest BCUT2D eigenvalue weighted by molar-refractivity contribution is -0.117. The number of nitrogens with one attached hydrogen (secondary N) is 1. The van der Waals surface area contributed by atoms with Gasteiger partial charge in [0.15, 0.2) is 0 Å². The second-order valence-electron chi connectivity index (χ2n) is 6.17. The molecule has 2 N–H and O–H groups in total. The van der Waals surface area contributed by atoms with Crippen LogP contribution >= 0.6 is 11.6 Å². The van der Waals surface area contributed by atoms with Gasteiger partial charge in [-0.15, -0.1) is 0 Å². The lowest BCUT2D eigenvalue weighted by atomic mass is 9.86. The fourth-order valence-corrected chi connectivity index (χ4v) is 3.26. The van der Waals surface area contributed by atoms with Crippen molar-refractivity contribution in [3.05, 3.63) is 23.2 Å². The third kappa shape index (κ3) is 5.09. The highest BCUT2D eigenvalue weighted by molar-refractivity contribution is 6.31. The van der Waals surface area contributed by atoms with Crippen molar-refractivity contribution in [3.8, 4) is 5.75 Å². The molecule has 0 bridgehead atoms. The smallest absolute Gasteiger partial charge is 0.238 e. The summed E-state index contributed by atoms with van der Waals surface area (Å²) in [5, 5.41) is 12.6. The number of anilines is 1. The minimum absolute atomic E-state index is 0.0858. The van der Waals surface area contributed by atoms with Crippen LogP contribution in [-0.4, -0.2) is 49.3 Å². The van der Waals surface area contributed by atoms with Gasteiger partial charge >= 0.3 is 0 Å². The molecule has 1 amide bonds. The van der Waals surface area contributed by atoms with E-state index in [1.54, 1.807) is 25.3 Å². The van der Waals surface area contributed by atoms with E-state index < -0.39 is 0 Å². The minimum atomic E-state index is -0.0858. The SMILES string of the molecule is COc1ccc(Cl)cc1NC(=O)CN(C)C1CCC(CO)CC1. The molecule has 1 saturated carbocycles. The summed E-state index contributed by atoms with van der Waals surface area (Å²) < 4.78 is 5.24. The van der Waals surface area contributed by atoms with Crippen LogP contribution in [0.3, 0.4) is 0 Å². The molecule has 1 aromatic rings. The van der Waals surface area contributed by atoms with E-state index in [1.807, 2.05) is 7.05 Å². The number of hydrogen-bond donors (Lipinski definition) is 2. The van der Waals surface area contributed by atoms with Crippen LogP contribution in [0.4, 0.5) is 5.69 Å². The van der Waals surface area contributed by atoms with Crippen molar-refractivity contribution in [2.24, 2.45) is 5.92 Å². The Kier molecular flexibility index (Phi) is 6.69. The minimum Gasteiger partial charge on any atom is -0.495 e. The standard InChI is InChI=1S/C17H25ClN2O3/c1-20(14-6-3-12(11-21)4-7-14)10-17(22)19-15-9-13(18)5-8-16(15)23-2/h5,8-9,12,14,21H,3-4,6-7,10-11H2,1-2H3,(H,19,22). The highest BCUT2D eigenvalue weighted by Crippen LogP contribution is 2.28. The Bertz CT molecular complexity index is 531. The second kappa shape index (κ2) is 8.52. The van der Waals surface area contributed by atoms with Crippen LogP contribution in [0.5, 0.6) is 5.75 Å². The monoisotopic (exact) mass is 340 g/mol. The number of benzene rings is 1. The molecule has 128 valence electrons. The number of amides is 1. The molecule has 1 aliphatic rings. The molecule has 0 saturated heterocycles. The van der Waals surface area contributed by atoms with Crippen molar-refractivity contribution in [1.29, 1.82) is 0 Å². The van der Waals surface area contributed by atoms with E-state index >= 15 is 0 Å². The first-order valence-electron chi connectivity index (χ1n) is 7.98. The first-order chi connectivity index (χ1) is 11.0. The van der Waals surface area contributed by atoms with E-state index in [1.165, 1.54) is 0 Å². The summed E-state index contributed by atoms with van der Waals surface area (Å²) in [6, 6.07) is 5.54. The molecule has 6 heteroatoms. The highest BCUT2D eigenvalue weighted by Gasteiger charge is 2.24. The third-order valence-corrected chi connectivity index (χ3v) is 4.76. The van der Waals surface area contributed by atoms with E-state index in [-0.39, 0.29) is 12.5 Å². The van der Waals surface area contributed by atoms with Crippen molar-refractivity contribution in [3.63, 3.8) is 0 Å². The number of aliphatic hydroxyl groups excluding tert-OH is 1.